The molecule has 0 atom stereocenters. The first-order chi connectivity index (χ1) is 9.88. The van der Waals surface area contributed by atoms with Crippen molar-refractivity contribution >= 4 is 0 Å². The summed E-state index contributed by atoms with van der Waals surface area (Å²) < 4.78 is 5.38. The Bertz CT molecular complexity index is 358. The largest absolute Gasteiger partial charge is 0.379 e. The van der Waals surface area contributed by atoms with Crippen LogP contribution in [0.5, 0.6) is 0 Å². The average molecular weight is 276 g/mol. The van der Waals surface area contributed by atoms with Crippen LogP contribution in [0.2, 0.25) is 0 Å². The van der Waals surface area contributed by atoms with Crippen molar-refractivity contribution in [2.75, 3.05) is 32.8 Å². The molecular formula is C17H28N2O. The quantitative estimate of drug-likeness (QED) is 0.739. The van der Waals surface area contributed by atoms with Gasteiger partial charge in [0.25, 0.3) is 0 Å². The molecule has 1 aliphatic heterocycles. The third kappa shape index (κ3) is 5.61. The molecule has 0 aliphatic carbocycles. The fourth-order valence-electron chi connectivity index (χ4n) is 2.51. The predicted molar refractivity (Wildman–Crippen MR) is 83.8 cm³/mol. The van der Waals surface area contributed by atoms with Gasteiger partial charge < -0.3 is 10.1 Å². The fraction of sp³-hybridized carbons (Fsp3) is 0.647. The molecule has 0 amide bonds. The average Bonchev–Trinajstić information content (AvgIpc) is 2.50. The Balaban J connectivity index is 1.69. The SMILES string of the molecule is CCCCCNCc1ccc(CN2CCOCC2)cc1. The van der Waals surface area contributed by atoms with E-state index in [0.29, 0.717) is 0 Å². The molecule has 1 saturated heterocycles. The van der Waals surface area contributed by atoms with Crippen molar-refractivity contribution in [1.29, 1.82) is 0 Å². The van der Waals surface area contributed by atoms with Gasteiger partial charge in [-0.1, -0.05) is 44.0 Å². The van der Waals surface area contributed by atoms with Gasteiger partial charge in [0.05, 0.1) is 13.2 Å². The number of rotatable bonds is 8. The second-order valence-corrected chi connectivity index (χ2v) is 5.59. The fourth-order valence-corrected chi connectivity index (χ4v) is 2.51. The summed E-state index contributed by atoms with van der Waals surface area (Å²) in [5.74, 6) is 0. The maximum absolute atomic E-state index is 5.38. The maximum atomic E-state index is 5.38. The molecule has 1 fully saturated rings. The minimum absolute atomic E-state index is 0.875. The third-order valence-corrected chi connectivity index (χ3v) is 3.82. The molecular weight excluding hydrogens is 248 g/mol. The highest BCUT2D eigenvalue weighted by molar-refractivity contribution is 5.22. The third-order valence-electron chi connectivity index (χ3n) is 3.82. The lowest BCUT2D eigenvalue weighted by atomic mass is 10.1. The monoisotopic (exact) mass is 276 g/mol. The van der Waals surface area contributed by atoms with Gasteiger partial charge in [-0.25, -0.2) is 0 Å². The van der Waals surface area contributed by atoms with Crippen LogP contribution in [0.25, 0.3) is 0 Å². The molecule has 1 heterocycles. The molecule has 0 aromatic heterocycles. The lowest BCUT2D eigenvalue weighted by molar-refractivity contribution is 0.0342. The first-order valence-electron chi connectivity index (χ1n) is 7.97. The molecule has 20 heavy (non-hydrogen) atoms. The molecule has 1 N–H and O–H groups in total. The molecule has 0 spiro atoms. The van der Waals surface area contributed by atoms with E-state index in [1.807, 2.05) is 0 Å². The Morgan fingerprint density at radius 2 is 1.75 bits per heavy atom. The molecule has 1 aliphatic rings. The van der Waals surface area contributed by atoms with Crippen molar-refractivity contribution in [3.05, 3.63) is 35.4 Å². The number of ether oxygens (including phenoxy) is 1. The number of hydrogen-bond acceptors (Lipinski definition) is 3. The number of benzene rings is 1. The van der Waals surface area contributed by atoms with E-state index in [0.717, 1.165) is 45.9 Å². The normalized spacial score (nSPS) is 16.4. The van der Waals surface area contributed by atoms with E-state index in [2.05, 4.69) is 41.4 Å². The Kier molecular flexibility index (Phi) is 7.06. The van der Waals surface area contributed by atoms with Crippen LogP contribution in [-0.2, 0) is 17.8 Å². The summed E-state index contributed by atoms with van der Waals surface area (Å²) in [4.78, 5) is 2.46. The standard InChI is InChI=1S/C17H28N2O/c1-2-3-4-9-18-14-16-5-7-17(8-6-16)15-19-10-12-20-13-11-19/h5-8,18H,2-4,9-15H2,1H3. The van der Waals surface area contributed by atoms with Gasteiger partial charge in [-0.3, -0.25) is 4.90 Å². The van der Waals surface area contributed by atoms with E-state index in [9.17, 15) is 0 Å². The summed E-state index contributed by atoms with van der Waals surface area (Å²) in [6.45, 7) is 9.27. The van der Waals surface area contributed by atoms with Gasteiger partial charge in [0.1, 0.15) is 0 Å². The minimum Gasteiger partial charge on any atom is -0.379 e. The van der Waals surface area contributed by atoms with Crippen molar-refractivity contribution < 1.29 is 4.74 Å². The van der Waals surface area contributed by atoms with Gasteiger partial charge in [0, 0.05) is 26.2 Å². The number of unbranched alkanes of at least 4 members (excludes halogenated alkanes) is 2. The topological polar surface area (TPSA) is 24.5 Å². The first kappa shape index (κ1) is 15.5. The molecule has 1 aromatic rings. The molecule has 3 heteroatoms. The number of nitrogens with zero attached hydrogens (tertiary/aromatic N) is 1. The zero-order valence-electron chi connectivity index (χ0n) is 12.7. The Morgan fingerprint density at radius 3 is 2.45 bits per heavy atom. The van der Waals surface area contributed by atoms with Crippen molar-refractivity contribution in [3.63, 3.8) is 0 Å². The molecule has 0 unspecified atom stereocenters. The van der Waals surface area contributed by atoms with Crippen molar-refractivity contribution in [1.82, 2.24) is 10.2 Å². The zero-order chi connectivity index (χ0) is 14.0. The van der Waals surface area contributed by atoms with Gasteiger partial charge in [-0.2, -0.15) is 0 Å². The molecule has 0 radical (unpaired) electrons. The second kappa shape index (κ2) is 9.11. The zero-order valence-corrected chi connectivity index (χ0v) is 12.7. The number of morpholine rings is 1. The van der Waals surface area contributed by atoms with Gasteiger partial charge in [-0.15, -0.1) is 0 Å². The summed E-state index contributed by atoms with van der Waals surface area (Å²) in [5.41, 5.74) is 2.79. The van der Waals surface area contributed by atoms with E-state index in [1.165, 1.54) is 30.4 Å². The van der Waals surface area contributed by atoms with E-state index in [4.69, 9.17) is 4.74 Å². The predicted octanol–water partition coefficient (Wildman–Crippen LogP) is 2.80. The first-order valence-corrected chi connectivity index (χ1v) is 7.97. The lowest BCUT2D eigenvalue weighted by Crippen LogP contribution is -2.35. The minimum atomic E-state index is 0.875. The summed E-state index contributed by atoms with van der Waals surface area (Å²) >= 11 is 0. The van der Waals surface area contributed by atoms with E-state index >= 15 is 0 Å². The maximum Gasteiger partial charge on any atom is 0.0594 e. The van der Waals surface area contributed by atoms with Crippen LogP contribution in [0.1, 0.15) is 37.3 Å². The van der Waals surface area contributed by atoms with Crippen LogP contribution in [0, 0.1) is 0 Å². The van der Waals surface area contributed by atoms with Crippen LogP contribution >= 0.6 is 0 Å². The second-order valence-electron chi connectivity index (χ2n) is 5.59. The summed E-state index contributed by atoms with van der Waals surface area (Å²) in [7, 11) is 0. The van der Waals surface area contributed by atoms with Crippen LogP contribution < -0.4 is 5.32 Å². The summed E-state index contributed by atoms with van der Waals surface area (Å²) in [6, 6.07) is 9.03. The van der Waals surface area contributed by atoms with Gasteiger partial charge in [-0.05, 0) is 24.1 Å². The van der Waals surface area contributed by atoms with E-state index < -0.39 is 0 Å². The highest BCUT2D eigenvalue weighted by Gasteiger charge is 2.10. The van der Waals surface area contributed by atoms with E-state index in [-0.39, 0.29) is 0 Å². The molecule has 2 rings (SSSR count). The Morgan fingerprint density at radius 1 is 1.05 bits per heavy atom. The number of hydrogen-bond donors (Lipinski definition) is 1. The lowest BCUT2D eigenvalue weighted by Gasteiger charge is -2.26. The molecule has 0 saturated carbocycles. The van der Waals surface area contributed by atoms with Crippen LogP contribution in [0.4, 0.5) is 0 Å². The van der Waals surface area contributed by atoms with Crippen molar-refractivity contribution in [3.8, 4) is 0 Å². The van der Waals surface area contributed by atoms with Gasteiger partial charge >= 0.3 is 0 Å². The number of nitrogens with one attached hydrogen (secondary N) is 1. The van der Waals surface area contributed by atoms with Crippen LogP contribution in [0.3, 0.4) is 0 Å². The highest BCUT2D eigenvalue weighted by atomic mass is 16.5. The van der Waals surface area contributed by atoms with Crippen molar-refractivity contribution in [2.45, 2.75) is 39.3 Å². The smallest absolute Gasteiger partial charge is 0.0594 e. The molecule has 112 valence electrons. The molecule has 3 nitrogen and oxygen atoms in total. The molecule has 1 aromatic carbocycles. The van der Waals surface area contributed by atoms with Gasteiger partial charge in [0.2, 0.25) is 0 Å². The van der Waals surface area contributed by atoms with Crippen LogP contribution in [-0.4, -0.2) is 37.7 Å². The summed E-state index contributed by atoms with van der Waals surface area (Å²) in [6.07, 6.45) is 3.90. The Hall–Kier alpha value is -0.900. The van der Waals surface area contributed by atoms with E-state index in [1.54, 1.807) is 0 Å². The van der Waals surface area contributed by atoms with Crippen LogP contribution in [0.15, 0.2) is 24.3 Å². The Labute approximate surface area is 123 Å². The molecule has 0 bridgehead atoms. The summed E-state index contributed by atoms with van der Waals surface area (Å²) in [5, 5.41) is 3.51. The van der Waals surface area contributed by atoms with Crippen molar-refractivity contribution in [2.24, 2.45) is 0 Å². The van der Waals surface area contributed by atoms with Gasteiger partial charge in [0.15, 0.2) is 0 Å². The highest BCUT2D eigenvalue weighted by Crippen LogP contribution is 2.09.